The number of nitrogens with one attached hydrogen (secondary N) is 1. The fourth-order valence-electron chi connectivity index (χ4n) is 4.96. The molecule has 4 rings (SSSR count). The molecule has 0 aromatic carbocycles. The number of aliphatic hydroxyl groups is 1. The second kappa shape index (κ2) is 9.76. The number of hydrogen-bond donors (Lipinski definition) is 3. The van der Waals surface area contributed by atoms with E-state index in [-0.39, 0.29) is 35.9 Å². The summed E-state index contributed by atoms with van der Waals surface area (Å²) in [5.74, 6) is -0.403. The number of pyridine rings is 1. The van der Waals surface area contributed by atoms with E-state index in [1.165, 1.54) is 10.5 Å². The lowest BCUT2D eigenvalue weighted by Crippen LogP contribution is -2.44. The number of fused-ring (bicyclic) bond motifs is 1. The summed E-state index contributed by atoms with van der Waals surface area (Å²) >= 11 is -2.37. The van der Waals surface area contributed by atoms with Crippen molar-refractivity contribution in [2.24, 2.45) is 0 Å². The second-order valence-corrected chi connectivity index (χ2v) is 12.0. The van der Waals surface area contributed by atoms with Crippen molar-refractivity contribution in [3.05, 3.63) is 28.2 Å². The summed E-state index contributed by atoms with van der Waals surface area (Å²) in [5, 5.41) is 14.4. The summed E-state index contributed by atoms with van der Waals surface area (Å²) in [7, 11) is -3.29. The van der Waals surface area contributed by atoms with Crippen molar-refractivity contribution < 1.29 is 31.1 Å². The molecule has 35 heavy (non-hydrogen) atoms. The normalized spacial score (nSPS) is 25.4. The summed E-state index contributed by atoms with van der Waals surface area (Å²) in [6.07, 6.45) is 1.18. The first-order valence-corrected chi connectivity index (χ1v) is 14.2. The molecule has 1 saturated heterocycles. The molecule has 15 heteroatoms. The van der Waals surface area contributed by atoms with Crippen LogP contribution in [0.15, 0.2) is 17.1 Å². The average molecular weight is 536 g/mol. The summed E-state index contributed by atoms with van der Waals surface area (Å²) in [6.45, 7) is 0.639. The molecule has 1 aliphatic carbocycles. The highest BCUT2D eigenvalue weighted by molar-refractivity contribution is 7.88. The third-order valence-electron chi connectivity index (χ3n) is 6.68. The van der Waals surface area contributed by atoms with Gasteiger partial charge >= 0.3 is 0 Å². The summed E-state index contributed by atoms with van der Waals surface area (Å²) < 4.78 is 74.1. The van der Waals surface area contributed by atoms with E-state index in [2.05, 4.69) is 15.3 Å². The number of alkyl halides is 2. The molecule has 0 bridgehead atoms. The first-order valence-electron chi connectivity index (χ1n) is 11.1. The van der Waals surface area contributed by atoms with Crippen molar-refractivity contribution in [2.45, 2.75) is 56.2 Å². The van der Waals surface area contributed by atoms with Crippen LogP contribution < -0.4 is 10.9 Å². The van der Waals surface area contributed by atoms with Crippen molar-refractivity contribution in [3.63, 3.8) is 0 Å². The van der Waals surface area contributed by atoms with Gasteiger partial charge in [-0.1, -0.05) is 0 Å². The topological polar surface area (TPSA) is 155 Å². The largest absolute Gasteiger partial charge is 0.387 e. The van der Waals surface area contributed by atoms with Gasteiger partial charge in [-0.3, -0.25) is 9.36 Å². The van der Waals surface area contributed by atoms with E-state index in [0.29, 0.717) is 32.4 Å². The van der Waals surface area contributed by atoms with Crippen LogP contribution in [0.1, 0.15) is 50.1 Å². The Morgan fingerprint density at radius 2 is 2.00 bits per heavy atom. The van der Waals surface area contributed by atoms with Crippen LogP contribution in [0.5, 0.6) is 0 Å². The maximum absolute atomic E-state index is 13.7. The molecule has 3 heterocycles. The van der Waals surface area contributed by atoms with Crippen LogP contribution in [0, 0.1) is 0 Å². The van der Waals surface area contributed by atoms with Crippen molar-refractivity contribution in [1.82, 2.24) is 18.8 Å². The summed E-state index contributed by atoms with van der Waals surface area (Å²) in [4.78, 5) is 21.7. The van der Waals surface area contributed by atoms with Crippen LogP contribution in [-0.4, -0.2) is 77.9 Å². The first kappa shape index (κ1) is 26.0. The zero-order valence-corrected chi connectivity index (χ0v) is 20.6. The molecule has 0 radical (unpaired) electrons. The number of sulfonamides is 1. The van der Waals surface area contributed by atoms with Crippen LogP contribution in [0.25, 0.3) is 11.0 Å². The van der Waals surface area contributed by atoms with Crippen LogP contribution in [0.4, 0.5) is 14.7 Å². The van der Waals surface area contributed by atoms with Crippen molar-refractivity contribution in [3.8, 4) is 0 Å². The molecule has 3 atom stereocenters. The zero-order chi connectivity index (χ0) is 25.5. The maximum atomic E-state index is 13.7. The van der Waals surface area contributed by atoms with Gasteiger partial charge in [-0.25, -0.2) is 30.7 Å². The number of rotatable bonds is 7. The van der Waals surface area contributed by atoms with E-state index in [1.54, 1.807) is 0 Å². The zero-order valence-electron chi connectivity index (χ0n) is 18.9. The summed E-state index contributed by atoms with van der Waals surface area (Å²) in [5.41, 5.74) is -3.50. The molecule has 0 spiro atoms. The molecular formula is C20H27F2N5O6S2. The first-order chi connectivity index (χ1) is 16.4. The number of anilines is 1. The van der Waals surface area contributed by atoms with Crippen LogP contribution in [-0.2, 0) is 21.1 Å². The standard InChI is InChI=1S/C20H27F2N5O6S2/c1-35(32,33)26-7-4-13(5-8-26)24-19-23-10-12-9-14(16(21)22)18(28)27(17(12)25-19)15-3-2-6-20(15,29)11-34(30)31/h9-10,13,15-16,29H,2-8,11H2,1H3,(H,30,31)(H,23,24,25). The Bertz CT molecular complexity index is 1300. The lowest BCUT2D eigenvalue weighted by molar-refractivity contribution is 0.0291. The van der Waals surface area contributed by atoms with E-state index < -0.39 is 56.0 Å². The lowest BCUT2D eigenvalue weighted by Gasteiger charge is -2.32. The third-order valence-corrected chi connectivity index (χ3v) is 8.73. The minimum absolute atomic E-state index is 0.0273. The van der Waals surface area contributed by atoms with Crippen LogP contribution in [0.3, 0.4) is 0 Å². The monoisotopic (exact) mass is 535 g/mol. The fourth-order valence-corrected chi connectivity index (χ4v) is 6.60. The Kier molecular flexibility index (Phi) is 7.26. The van der Waals surface area contributed by atoms with Gasteiger partial charge in [-0.2, -0.15) is 4.98 Å². The average Bonchev–Trinajstić information content (AvgIpc) is 3.12. The molecular weight excluding hydrogens is 508 g/mol. The molecule has 1 saturated carbocycles. The van der Waals surface area contributed by atoms with E-state index >= 15 is 0 Å². The highest BCUT2D eigenvalue weighted by Gasteiger charge is 2.45. The number of aromatic nitrogens is 3. The molecule has 194 valence electrons. The van der Waals surface area contributed by atoms with Gasteiger partial charge in [0.15, 0.2) is 11.1 Å². The minimum atomic E-state index is -3.29. The van der Waals surface area contributed by atoms with Crippen molar-refractivity contribution in [2.75, 3.05) is 30.4 Å². The van der Waals surface area contributed by atoms with Gasteiger partial charge < -0.3 is 15.0 Å². The predicted octanol–water partition coefficient (Wildman–Crippen LogP) is 1.24. The van der Waals surface area contributed by atoms with Crippen LogP contribution >= 0.6 is 0 Å². The van der Waals surface area contributed by atoms with E-state index in [1.807, 2.05) is 0 Å². The van der Waals surface area contributed by atoms with Gasteiger partial charge in [0.05, 0.1) is 29.2 Å². The number of piperidine rings is 1. The number of nitrogens with zero attached hydrogens (tertiary/aromatic N) is 4. The van der Waals surface area contributed by atoms with Crippen molar-refractivity contribution >= 4 is 38.1 Å². The van der Waals surface area contributed by atoms with Gasteiger partial charge in [0, 0.05) is 30.7 Å². The Morgan fingerprint density at radius 1 is 1.31 bits per heavy atom. The smallest absolute Gasteiger partial charge is 0.269 e. The quantitative estimate of drug-likeness (QED) is 0.444. The molecule has 11 nitrogen and oxygen atoms in total. The molecule has 3 unspecified atom stereocenters. The van der Waals surface area contributed by atoms with Gasteiger partial charge in [0.2, 0.25) is 16.0 Å². The molecule has 2 fully saturated rings. The second-order valence-electron chi connectivity index (χ2n) is 9.11. The molecule has 2 aromatic rings. The number of halogens is 2. The SMILES string of the molecule is CS(=O)(=O)N1CCC(Nc2ncc3cc(C(F)F)c(=O)n(C4CCCC4(O)CS(=O)O)c3n2)CC1. The van der Waals surface area contributed by atoms with Gasteiger partial charge in [-0.05, 0) is 38.2 Å². The van der Waals surface area contributed by atoms with E-state index in [4.69, 9.17) is 0 Å². The lowest BCUT2D eigenvalue weighted by atomic mass is 9.99. The highest BCUT2D eigenvalue weighted by atomic mass is 32.2. The minimum Gasteiger partial charge on any atom is -0.387 e. The van der Waals surface area contributed by atoms with Gasteiger partial charge in [0.25, 0.3) is 12.0 Å². The van der Waals surface area contributed by atoms with Gasteiger partial charge in [0.1, 0.15) is 5.65 Å². The Balaban J connectivity index is 1.73. The predicted molar refractivity (Wildman–Crippen MR) is 125 cm³/mol. The Hall–Kier alpha value is -2.07. The maximum Gasteiger partial charge on any atom is 0.269 e. The number of hydrogen-bond acceptors (Lipinski definition) is 8. The fraction of sp³-hybridized carbons (Fsp3) is 0.650. The van der Waals surface area contributed by atoms with Crippen molar-refractivity contribution in [1.29, 1.82) is 0 Å². The third kappa shape index (κ3) is 5.38. The molecule has 1 aliphatic heterocycles. The molecule has 0 amide bonds. The van der Waals surface area contributed by atoms with Gasteiger partial charge in [-0.15, -0.1) is 0 Å². The Labute approximate surface area is 202 Å². The molecule has 2 aliphatic rings. The highest BCUT2D eigenvalue weighted by Crippen LogP contribution is 2.40. The molecule has 3 N–H and O–H groups in total. The summed E-state index contributed by atoms with van der Waals surface area (Å²) in [6, 6.07) is -0.148. The Morgan fingerprint density at radius 3 is 2.60 bits per heavy atom. The van der Waals surface area contributed by atoms with Crippen LogP contribution in [0.2, 0.25) is 0 Å². The van der Waals surface area contributed by atoms with E-state index in [0.717, 1.165) is 16.9 Å². The molecule has 2 aromatic heterocycles. The van der Waals surface area contributed by atoms with E-state index in [9.17, 15) is 35.9 Å².